The molecule has 1 aliphatic rings. The van der Waals surface area contributed by atoms with Crippen LogP contribution in [0.25, 0.3) is 0 Å². The Morgan fingerprint density at radius 3 is 2.59 bits per heavy atom. The smallest absolute Gasteiger partial charge is 0.172 e. The fourth-order valence-corrected chi connectivity index (χ4v) is 2.94. The highest BCUT2D eigenvalue weighted by Crippen LogP contribution is 2.22. The molecule has 1 saturated heterocycles. The Bertz CT molecular complexity index is 366. The molecule has 0 bridgehead atoms. The predicted octanol–water partition coefficient (Wildman–Crippen LogP) is 3.09. The minimum atomic E-state index is 0.237. The monoisotopic (exact) mass is 250 g/mol. The van der Waals surface area contributed by atoms with E-state index in [9.17, 15) is 4.79 Å². The topological polar surface area (TPSA) is 26.3 Å². The van der Waals surface area contributed by atoms with Crippen LogP contribution in [-0.2, 0) is 4.74 Å². The van der Waals surface area contributed by atoms with Gasteiger partial charge < -0.3 is 4.74 Å². The molecular weight excluding hydrogens is 232 g/mol. The van der Waals surface area contributed by atoms with Crippen molar-refractivity contribution in [3.8, 4) is 0 Å². The Hall–Kier alpha value is -0.800. The predicted molar refractivity (Wildman–Crippen MR) is 71.8 cm³/mol. The van der Waals surface area contributed by atoms with Gasteiger partial charge in [0.1, 0.15) is 0 Å². The van der Waals surface area contributed by atoms with Gasteiger partial charge in [-0.1, -0.05) is 29.8 Å². The molecule has 0 radical (unpaired) electrons. The molecule has 0 unspecified atom stereocenters. The Morgan fingerprint density at radius 2 is 1.94 bits per heavy atom. The normalized spacial score (nSPS) is 17.0. The van der Waals surface area contributed by atoms with Crippen molar-refractivity contribution in [1.82, 2.24) is 0 Å². The number of carbonyl (C=O) groups is 1. The van der Waals surface area contributed by atoms with E-state index in [2.05, 4.69) is 0 Å². The van der Waals surface area contributed by atoms with E-state index in [-0.39, 0.29) is 5.78 Å². The number of rotatable bonds is 4. The number of Topliss-reactive ketones (excluding diaryl/α,β-unsaturated/α-hetero) is 1. The van der Waals surface area contributed by atoms with Gasteiger partial charge in [-0.2, -0.15) is 11.8 Å². The van der Waals surface area contributed by atoms with Crippen molar-refractivity contribution in [1.29, 1.82) is 0 Å². The molecule has 2 nitrogen and oxygen atoms in total. The van der Waals surface area contributed by atoms with Gasteiger partial charge >= 0.3 is 0 Å². The molecule has 0 N–H and O–H groups in total. The molecule has 1 heterocycles. The van der Waals surface area contributed by atoms with E-state index in [1.54, 1.807) is 11.8 Å². The first-order valence-electron chi connectivity index (χ1n) is 6.05. The van der Waals surface area contributed by atoms with Crippen molar-refractivity contribution < 1.29 is 9.53 Å². The van der Waals surface area contributed by atoms with E-state index in [0.717, 1.165) is 31.6 Å². The third-order valence-corrected chi connectivity index (χ3v) is 4.36. The zero-order valence-electron chi connectivity index (χ0n) is 10.1. The van der Waals surface area contributed by atoms with Crippen LogP contribution in [0.2, 0.25) is 0 Å². The molecule has 17 heavy (non-hydrogen) atoms. The van der Waals surface area contributed by atoms with Gasteiger partial charge in [0, 0.05) is 24.0 Å². The molecule has 0 atom stereocenters. The molecular formula is C14H18O2S. The largest absolute Gasteiger partial charge is 0.381 e. The summed E-state index contributed by atoms with van der Waals surface area (Å²) in [6.07, 6.45) is 2.15. The lowest BCUT2D eigenvalue weighted by Crippen LogP contribution is -2.19. The minimum Gasteiger partial charge on any atom is -0.381 e. The van der Waals surface area contributed by atoms with Crippen LogP contribution in [0, 0.1) is 6.92 Å². The lowest BCUT2D eigenvalue weighted by Gasteiger charge is -2.21. The Balaban J connectivity index is 1.82. The zero-order valence-corrected chi connectivity index (χ0v) is 11.0. The second-order valence-electron chi connectivity index (χ2n) is 4.41. The second-order valence-corrected chi connectivity index (χ2v) is 5.70. The first-order chi connectivity index (χ1) is 8.25. The van der Waals surface area contributed by atoms with Gasteiger partial charge in [-0.15, -0.1) is 0 Å². The molecule has 1 aromatic carbocycles. The Morgan fingerprint density at radius 1 is 1.29 bits per heavy atom. The molecule has 3 heteroatoms. The summed E-state index contributed by atoms with van der Waals surface area (Å²) in [7, 11) is 0. The number of carbonyl (C=O) groups excluding carboxylic acids is 1. The molecule has 0 spiro atoms. The highest BCUT2D eigenvalue weighted by atomic mass is 32.2. The lowest BCUT2D eigenvalue weighted by atomic mass is 10.1. The average molecular weight is 250 g/mol. The van der Waals surface area contributed by atoms with Crippen molar-refractivity contribution in [3.63, 3.8) is 0 Å². The number of aryl methyl sites for hydroxylation is 1. The highest BCUT2D eigenvalue weighted by Gasteiger charge is 2.16. The number of ether oxygens (including phenoxy) is 1. The number of thioether (sulfide) groups is 1. The zero-order chi connectivity index (χ0) is 12.1. The Kier molecular flexibility index (Phi) is 4.63. The van der Waals surface area contributed by atoms with Crippen molar-refractivity contribution in [2.75, 3.05) is 19.0 Å². The third kappa shape index (κ3) is 3.86. The summed E-state index contributed by atoms with van der Waals surface area (Å²) in [5.74, 6) is 0.828. The third-order valence-electron chi connectivity index (χ3n) is 2.99. The SMILES string of the molecule is Cc1ccc(C(=O)CSC2CCOCC2)cc1. The van der Waals surface area contributed by atoms with Crippen LogP contribution in [0.1, 0.15) is 28.8 Å². The van der Waals surface area contributed by atoms with Gasteiger partial charge in [0.05, 0.1) is 5.75 Å². The molecule has 1 aliphatic heterocycles. The molecule has 1 fully saturated rings. The van der Waals surface area contributed by atoms with E-state index in [1.807, 2.05) is 31.2 Å². The quantitative estimate of drug-likeness (QED) is 0.768. The molecule has 2 rings (SSSR count). The molecule has 0 amide bonds. The van der Waals surface area contributed by atoms with Crippen molar-refractivity contribution in [3.05, 3.63) is 35.4 Å². The maximum atomic E-state index is 11.9. The Labute approximate surface area is 107 Å². The standard InChI is InChI=1S/C14H18O2S/c1-11-2-4-12(5-3-11)14(15)10-17-13-6-8-16-9-7-13/h2-5,13H,6-10H2,1H3. The van der Waals surface area contributed by atoms with Crippen LogP contribution in [0.15, 0.2) is 24.3 Å². The van der Waals surface area contributed by atoms with Gasteiger partial charge in [-0.05, 0) is 19.8 Å². The van der Waals surface area contributed by atoms with Crippen LogP contribution < -0.4 is 0 Å². The first kappa shape index (κ1) is 12.7. The maximum Gasteiger partial charge on any atom is 0.172 e. The van der Waals surface area contributed by atoms with Crippen LogP contribution in [-0.4, -0.2) is 30.0 Å². The van der Waals surface area contributed by atoms with Crippen LogP contribution in [0.3, 0.4) is 0 Å². The van der Waals surface area contributed by atoms with Crippen LogP contribution >= 0.6 is 11.8 Å². The summed E-state index contributed by atoms with van der Waals surface area (Å²) < 4.78 is 5.31. The number of hydrogen-bond acceptors (Lipinski definition) is 3. The number of hydrogen-bond donors (Lipinski definition) is 0. The fraction of sp³-hybridized carbons (Fsp3) is 0.500. The van der Waals surface area contributed by atoms with Crippen LogP contribution in [0.5, 0.6) is 0 Å². The van der Waals surface area contributed by atoms with E-state index in [4.69, 9.17) is 4.74 Å². The average Bonchev–Trinajstić information content (AvgIpc) is 2.38. The van der Waals surface area contributed by atoms with Crippen molar-refractivity contribution >= 4 is 17.5 Å². The summed E-state index contributed by atoms with van der Waals surface area (Å²) >= 11 is 1.77. The number of benzene rings is 1. The van der Waals surface area contributed by atoms with Gasteiger partial charge in [-0.25, -0.2) is 0 Å². The van der Waals surface area contributed by atoms with Gasteiger partial charge in [0.25, 0.3) is 0 Å². The summed E-state index contributed by atoms with van der Waals surface area (Å²) in [5, 5.41) is 0.596. The summed E-state index contributed by atoms with van der Waals surface area (Å²) in [5.41, 5.74) is 2.02. The first-order valence-corrected chi connectivity index (χ1v) is 7.10. The molecule has 0 aliphatic carbocycles. The molecule has 92 valence electrons. The van der Waals surface area contributed by atoms with Crippen LogP contribution in [0.4, 0.5) is 0 Å². The molecule has 0 saturated carbocycles. The summed E-state index contributed by atoms with van der Waals surface area (Å²) in [6.45, 7) is 3.72. The second kappa shape index (κ2) is 6.22. The number of ketones is 1. The molecule has 0 aromatic heterocycles. The maximum absolute atomic E-state index is 11.9. The van der Waals surface area contributed by atoms with E-state index < -0.39 is 0 Å². The lowest BCUT2D eigenvalue weighted by molar-refractivity contribution is 0.0988. The van der Waals surface area contributed by atoms with Gasteiger partial charge in [-0.3, -0.25) is 4.79 Å². The molecule has 1 aromatic rings. The summed E-state index contributed by atoms with van der Waals surface area (Å²) in [4.78, 5) is 11.9. The van der Waals surface area contributed by atoms with Crippen molar-refractivity contribution in [2.24, 2.45) is 0 Å². The fourth-order valence-electron chi connectivity index (χ4n) is 1.86. The van der Waals surface area contributed by atoms with Crippen molar-refractivity contribution in [2.45, 2.75) is 25.0 Å². The van der Waals surface area contributed by atoms with Gasteiger partial charge in [0.15, 0.2) is 5.78 Å². The van der Waals surface area contributed by atoms with Gasteiger partial charge in [0.2, 0.25) is 0 Å². The van der Waals surface area contributed by atoms with E-state index >= 15 is 0 Å². The summed E-state index contributed by atoms with van der Waals surface area (Å²) in [6, 6.07) is 7.82. The van der Waals surface area contributed by atoms with E-state index in [0.29, 0.717) is 11.0 Å². The van der Waals surface area contributed by atoms with E-state index in [1.165, 1.54) is 5.56 Å². The minimum absolute atomic E-state index is 0.237. The highest BCUT2D eigenvalue weighted by molar-refractivity contribution is 8.00.